The predicted molar refractivity (Wildman–Crippen MR) is 113 cm³/mol. The number of anilines is 2. The molecule has 4 rings (SSSR count). The molecule has 0 atom stereocenters. The van der Waals surface area contributed by atoms with E-state index in [-0.39, 0.29) is 10.8 Å². The molecule has 0 saturated carbocycles. The van der Waals surface area contributed by atoms with Crippen molar-refractivity contribution in [1.82, 2.24) is 0 Å². The Hall–Kier alpha value is -3.19. The van der Waals surface area contributed by atoms with Crippen molar-refractivity contribution in [2.45, 2.75) is 18.7 Å². The molecule has 0 bridgehead atoms. The van der Waals surface area contributed by atoms with Crippen LogP contribution in [-0.4, -0.2) is 32.5 Å². The van der Waals surface area contributed by atoms with Crippen molar-refractivity contribution in [2.75, 3.05) is 22.5 Å². The number of rotatable bonds is 5. The highest BCUT2D eigenvalue weighted by atomic mass is 32.2. The molecule has 0 aromatic heterocycles. The Balaban J connectivity index is 1.64. The van der Waals surface area contributed by atoms with Crippen molar-refractivity contribution in [1.29, 1.82) is 0 Å². The van der Waals surface area contributed by atoms with Crippen molar-refractivity contribution >= 4 is 43.8 Å². The first-order valence-corrected chi connectivity index (χ1v) is 10.9. The number of sulfone groups is 1. The van der Waals surface area contributed by atoms with E-state index in [1.165, 1.54) is 12.1 Å². The van der Waals surface area contributed by atoms with Crippen LogP contribution in [0.2, 0.25) is 0 Å². The van der Waals surface area contributed by atoms with Gasteiger partial charge in [-0.2, -0.15) is 0 Å². The quantitative estimate of drug-likeness (QED) is 0.700. The minimum absolute atomic E-state index is 0.0708. The van der Waals surface area contributed by atoms with Crippen LogP contribution in [0.4, 0.5) is 11.4 Å². The van der Waals surface area contributed by atoms with Crippen LogP contribution in [-0.2, 0) is 14.6 Å². The normalized spacial score (nSPS) is 13.2. The van der Waals surface area contributed by atoms with Gasteiger partial charge in [0.15, 0.2) is 9.84 Å². The third-order valence-corrected chi connectivity index (χ3v) is 6.71. The minimum Gasteiger partial charge on any atom is -0.325 e. The molecule has 7 heteroatoms. The van der Waals surface area contributed by atoms with Gasteiger partial charge in [-0.15, -0.1) is 0 Å². The van der Waals surface area contributed by atoms with Gasteiger partial charge in [0.1, 0.15) is 5.75 Å². The zero-order valence-electron chi connectivity index (χ0n) is 16.1. The summed E-state index contributed by atoms with van der Waals surface area (Å²) >= 11 is 0. The summed E-state index contributed by atoms with van der Waals surface area (Å²) in [5.74, 6) is -1.35. The highest BCUT2D eigenvalue weighted by Gasteiger charge is 2.29. The van der Waals surface area contributed by atoms with E-state index in [1.807, 2.05) is 19.9 Å². The summed E-state index contributed by atoms with van der Waals surface area (Å²) in [5, 5.41) is 4.19. The van der Waals surface area contributed by atoms with E-state index in [2.05, 4.69) is 5.32 Å². The van der Waals surface area contributed by atoms with Crippen LogP contribution in [0.15, 0.2) is 59.5 Å². The van der Waals surface area contributed by atoms with E-state index in [4.69, 9.17) is 0 Å². The summed E-state index contributed by atoms with van der Waals surface area (Å²) in [6.45, 7) is 4.31. The standard InChI is InChI=1S/C22H20N2O4S/c1-3-24-19-12-11-18(16-5-4-6-17(21(16)19)22(24)26)23-20(25)13-29(27,28)15-9-7-14(2)8-10-15/h4-12H,3,13H2,1-2H3,(H,23,25). The number of nitrogens with one attached hydrogen (secondary N) is 1. The van der Waals surface area contributed by atoms with Gasteiger partial charge in [0.05, 0.1) is 10.6 Å². The van der Waals surface area contributed by atoms with Crippen molar-refractivity contribution < 1.29 is 18.0 Å². The molecule has 0 aliphatic carbocycles. The van der Waals surface area contributed by atoms with Gasteiger partial charge in [-0.1, -0.05) is 29.8 Å². The van der Waals surface area contributed by atoms with Crippen molar-refractivity contribution in [2.24, 2.45) is 0 Å². The second kappa shape index (κ2) is 7.00. The van der Waals surface area contributed by atoms with Crippen molar-refractivity contribution in [3.8, 4) is 0 Å². The van der Waals surface area contributed by atoms with E-state index >= 15 is 0 Å². The van der Waals surface area contributed by atoms with Gasteiger partial charge in [0.2, 0.25) is 5.91 Å². The van der Waals surface area contributed by atoms with Crippen LogP contribution >= 0.6 is 0 Å². The van der Waals surface area contributed by atoms with Crippen molar-refractivity contribution in [3.63, 3.8) is 0 Å². The molecule has 148 valence electrons. The second-order valence-corrected chi connectivity index (χ2v) is 9.02. The first-order valence-electron chi connectivity index (χ1n) is 9.28. The molecule has 0 saturated heterocycles. The number of hydrogen-bond donors (Lipinski definition) is 1. The maximum absolute atomic E-state index is 12.6. The van der Waals surface area contributed by atoms with Crippen LogP contribution in [0.1, 0.15) is 22.8 Å². The van der Waals surface area contributed by atoms with Gasteiger partial charge in [0.25, 0.3) is 5.91 Å². The van der Waals surface area contributed by atoms with E-state index in [1.54, 1.807) is 41.3 Å². The number of carbonyl (C=O) groups is 2. The van der Waals surface area contributed by atoms with Gasteiger partial charge in [0, 0.05) is 28.6 Å². The summed E-state index contributed by atoms with van der Waals surface area (Å²) in [7, 11) is -3.75. The predicted octanol–water partition coefficient (Wildman–Crippen LogP) is 3.54. The van der Waals surface area contributed by atoms with Crippen LogP contribution in [0.25, 0.3) is 10.8 Å². The van der Waals surface area contributed by atoms with Crippen LogP contribution in [0, 0.1) is 6.92 Å². The van der Waals surface area contributed by atoms with Gasteiger partial charge in [-0.3, -0.25) is 9.59 Å². The Labute approximate surface area is 169 Å². The Morgan fingerprint density at radius 2 is 1.76 bits per heavy atom. The third-order valence-electron chi connectivity index (χ3n) is 5.08. The zero-order valence-corrected chi connectivity index (χ0v) is 16.9. The van der Waals surface area contributed by atoms with E-state index in [0.29, 0.717) is 23.2 Å². The van der Waals surface area contributed by atoms with Gasteiger partial charge < -0.3 is 10.2 Å². The van der Waals surface area contributed by atoms with Gasteiger partial charge >= 0.3 is 0 Å². The average molecular weight is 408 g/mol. The van der Waals surface area contributed by atoms with Crippen molar-refractivity contribution in [3.05, 3.63) is 65.7 Å². The number of nitrogens with zero attached hydrogens (tertiary/aromatic N) is 1. The average Bonchev–Trinajstić information content (AvgIpc) is 2.96. The van der Waals surface area contributed by atoms with E-state index in [9.17, 15) is 18.0 Å². The fourth-order valence-corrected chi connectivity index (χ4v) is 4.79. The maximum Gasteiger partial charge on any atom is 0.258 e. The smallest absolute Gasteiger partial charge is 0.258 e. The fourth-order valence-electron chi connectivity index (χ4n) is 3.66. The first kappa shape index (κ1) is 19.1. The highest BCUT2D eigenvalue weighted by Crippen LogP contribution is 2.40. The van der Waals surface area contributed by atoms with Crippen LogP contribution < -0.4 is 10.2 Å². The molecule has 0 radical (unpaired) electrons. The first-order chi connectivity index (χ1) is 13.8. The molecule has 0 fully saturated rings. The molecule has 0 unspecified atom stereocenters. The SMILES string of the molecule is CCN1C(=O)c2cccc3c(NC(=O)CS(=O)(=O)c4ccc(C)cc4)ccc1c23. The van der Waals surface area contributed by atoms with Crippen LogP contribution in [0.3, 0.4) is 0 Å². The summed E-state index contributed by atoms with van der Waals surface area (Å²) in [6.07, 6.45) is 0. The number of carbonyl (C=O) groups excluding carboxylic acids is 2. The Morgan fingerprint density at radius 1 is 1.03 bits per heavy atom. The van der Waals surface area contributed by atoms with E-state index < -0.39 is 21.5 Å². The summed E-state index contributed by atoms with van der Waals surface area (Å²) in [5.41, 5.74) is 2.81. The fraction of sp³-hybridized carbons (Fsp3) is 0.182. The molecule has 29 heavy (non-hydrogen) atoms. The molecule has 1 aliphatic heterocycles. The van der Waals surface area contributed by atoms with E-state index in [0.717, 1.165) is 16.6 Å². The largest absolute Gasteiger partial charge is 0.325 e. The molecule has 0 spiro atoms. The Morgan fingerprint density at radius 3 is 2.45 bits per heavy atom. The zero-order chi connectivity index (χ0) is 20.8. The molecule has 6 nitrogen and oxygen atoms in total. The molecule has 1 heterocycles. The Bertz CT molecular complexity index is 1250. The number of benzene rings is 3. The molecule has 1 aliphatic rings. The number of amides is 2. The molecule has 2 amide bonds. The molecule has 1 N–H and O–H groups in total. The molecule has 3 aromatic carbocycles. The molecule has 3 aromatic rings. The summed E-state index contributed by atoms with van der Waals surface area (Å²) in [4.78, 5) is 26.9. The van der Waals surface area contributed by atoms with Gasteiger partial charge in [-0.25, -0.2) is 8.42 Å². The lowest BCUT2D eigenvalue weighted by atomic mass is 10.0. The topological polar surface area (TPSA) is 83.6 Å². The number of aryl methyl sites for hydroxylation is 1. The second-order valence-electron chi connectivity index (χ2n) is 7.03. The lowest BCUT2D eigenvalue weighted by molar-refractivity contribution is -0.113. The minimum atomic E-state index is -3.75. The lowest BCUT2D eigenvalue weighted by Gasteiger charge is -2.15. The summed E-state index contributed by atoms with van der Waals surface area (Å²) < 4.78 is 25.1. The van der Waals surface area contributed by atoms with Gasteiger partial charge in [-0.05, 0) is 44.2 Å². The maximum atomic E-state index is 12.6. The highest BCUT2D eigenvalue weighted by molar-refractivity contribution is 7.92. The molecular formula is C22H20N2O4S. The summed E-state index contributed by atoms with van der Waals surface area (Å²) in [6, 6.07) is 15.2. The Kier molecular flexibility index (Phi) is 4.62. The molecular weight excluding hydrogens is 388 g/mol. The number of hydrogen-bond acceptors (Lipinski definition) is 4. The van der Waals surface area contributed by atoms with Crippen LogP contribution in [0.5, 0.6) is 0 Å². The lowest BCUT2D eigenvalue weighted by Crippen LogP contribution is -2.25. The third kappa shape index (κ3) is 3.27. The monoisotopic (exact) mass is 408 g/mol.